The Kier molecular flexibility index (Phi) is 10.6. The molecule has 3 aromatic heterocycles. The molecule has 0 unspecified atom stereocenters. The first-order valence-corrected chi connectivity index (χ1v) is 19.6. The Morgan fingerprint density at radius 3 is 1.94 bits per heavy atom. The fourth-order valence-corrected chi connectivity index (χ4v) is 9.56. The molecule has 2 atom stereocenters. The normalized spacial score (nSPS) is 18.3. The number of aromatic nitrogens is 3. The lowest BCUT2D eigenvalue weighted by atomic mass is 9.96. The fraction of sp³-hybridized carbons (Fsp3) is 0.385. The smallest absolute Gasteiger partial charge is 0.320 e. The summed E-state index contributed by atoms with van der Waals surface area (Å²) in [7, 11) is 0. The molecule has 2 aliphatic heterocycles. The molecule has 2 aromatic carbocycles. The van der Waals surface area contributed by atoms with Gasteiger partial charge in [-0.2, -0.15) is 0 Å². The van der Waals surface area contributed by atoms with Crippen molar-refractivity contribution in [3.8, 4) is 11.1 Å². The zero-order valence-electron chi connectivity index (χ0n) is 29.9. The molecule has 276 valence electrons. The molecule has 0 spiro atoms. The molecule has 2 saturated heterocycles. The highest BCUT2D eigenvalue weighted by Crippen LogP contribution is 2.36. The van der Waals surface area contributed by atoms with E-state index in [1.807, 2.05) is 73.0 Å². The van der Waals surface area contributed by atoms with E-state index in [-0.39, 0.29) is 11.8 Å². The maximum Gasteiger partial charge on any atom is 0.320 e. The molecule has 3 N–H and O–H groups in total. The number of aryl methyl sites for hydroxylation is 2. The van der Waals surface area contributed by atoms with Gasteiger partial charge in [0, 0.05) is 40.1 Å². The Labute approximate surface area is 315 Å². The molecule has 0 aliphatic carbocycles. The molecule has 0 bridgehead atoms. The number of carbonyl (C=O) groups excluding carboxylic acids is 2. The van der Waals surface area contributed by atoms with Crippen LogP contribution in [0.1, 0.15) is 84.8 Å². The van der Waals surface area contributed by atoms with Gasteiger partial charge in [-0.1, -0.05) is 37.1 Å². The van der Waals surface area contributed by atoms with Gasteiger partial charge in [-0.05, 0) is 94.4 Å². The van der Waals surface area contributed by atoms with E-state index in [1.165, 1.54) is 22.7 Å². The SMILES string of the molecule is Cc1nc(C(=O)Nc2cccc(-c3cccc4c3ccn4C(=O)c3nc(C)c(CN4CCCC[C@H]4C(=O)O)s3)c2C)sc1CN1CCCC[C@H]1C(=O)O. The number of nitrogens with one attached hydrogen (secondary N) is 1. The quantitative estimate of drug-likeness (QED) is 0.136. The molecule has 0 saturated carbocycles. The first-order chi connectivity index (χ1) is 25.5. The minimum atomic E-state index is -0.815. The number of likely N-dealkylation sites (tertiary alicyclic amines) is 2. The number of hydrogen-bond donors (Lipinski definition) is 3. The van der Waals surface area contributed by atoms with Gasteiger partial charge in [0.1, 0.15) is 12.1 Å². The average molecular weight is 755 g/mol. The van der Waals surface area contributed by atoms with Gasteiger partial charge >= 0.3 is 11.9 Å². The summed E-state index contributed by atoms with van der Waals surface area (Å²) >= 11 is 2.61. The van der Waals surface area contributed by atoms with E-state index in [0.717, 1.165) is 74.4 Å². The van der Waals surface area contributed by atoms with Gasteiger partial charge in [0.05, 0.1) is 16.9 Å². The number of amides is 1. The molecule has 14 heteroatoms. The second kappa shape index (κ2) is 15.3. The lowest BCUT2D eigenvalue weighted by Gasteiger charge is -2.32. The molecule has 12 nitrogen and oxygen atoms in total. The first kappa shape index (κ1) is 36.6. The Bertz CT molecular complexity index is 2220. The van der Waals surface area contributed by atoms with Crippen LogP contribution in [0, 0.1) is 20.8 Å². The van der Waals surface area contributed by atoms with Crippen LogP contribution in [-0.2, 0) is 22.7 Å². The second-order valence-corrected chi connectivity index (χ2v) is 16.0. The van der Waals surface area contributed by atoms with E-state index in [0.29, 0.717) is 54.7 Å². The van der Waals surface area contributed by atoms with E-state index >= 15 is 0 Å². The number of nitrogens with zero attached hydrogens (tertiary/aromatic N) is 5. The lowest BCUT2D eigenvalue weighted by Crippen LogP contribution is -2.43. The van der Waals surface area contributed by atoms with Gasteiger partial charge < -0.3 is 15.5 Å². The summed E-state index contributed by atoms with van der Waals surface area (Å²) in [4.78, 5) is 66.0. The number of piperidine rings is 2. The number of fused-ring (bicyclic) bond motifs is 1. The van der Waals surface area contributed by atoms with E-state index in [1.54, 1.807) is 10.8 Å². The van der Waals surface area contributed by atoms with Crippen molar-refractivity contribution in [2.45, 2.75) is 84.5 Å². The molecule has 0 radical (unpaired) electrons. The minimum Gasteiger partial charge on any atom is -0.480 e. The van der Waals surface area contributed by atoms with Crippen molar-refractivity contribution in [2.75, 3.05) is 18.4 Å². The van der Waals surface area contributed by atoms with Crippen molar-refractivity contribution in [1.82, 2.24) is 24.3 Å². The summed E-state index contributed by atoms with van der Waals surface area (Å²) in [6.45, 7) is 7.97. The number of carbonyl (C=O) groups is 4. The number of benzene rings is 2. The standard InChI is InChI=1S/C39H42N6O6S2/c1-22-25(10-8-12-28(22)42-34(46)35-40-23(2)32(52-35)20-43-17-6-4-13-30(43)38(48)49)26-11-9-15-29-27(26)16-19-45(29)37(47)36-41-24(3)33(53-36)21-44-18-7-5-14-31(44)39(50)51/h8-12,15-16,19,30-31H,4-7,13-14,17-18,20-21H2,1-3H3,(H,42,46)(H,48,49)(H,50,51)/t30-,31-/m0/s1. The number of aliphatic carboxylic acids is 2. The van der Waals surface area contributed by atoms with E-state index in [4.69, 9.17) is 0 Å². The van der Waals surface area contributed by atoms with Crippen molar-refractivity contribution in [2.24, 2.45) is 0 Å². The van der Waals surface area contributed by atoms with Crippen LogP contribution in [0.15, 0.2) is 48.7 Å². The molecule has 1 amide bonds. The van der Waals surface area contributed by atoms with E-state index < -0.39 is 24.0 Å². The summed E-state index contributed by atoms with van der Waals surface area (Å²) in [6, 6.07) is 12.4. The van der Waals surface area contributed by atoms with Crippen molar-refractivity contribution in [1.29, 1.82) is 0 Å². The Morgan fingerprint density at radius 1 is 0.755 bits per heavy atom. The number of carboxylic acid groups (broad SMARTS) is 2. The number of anilines is 1. The van der Waals surface area contributed by atoms with Crippen LogP contribution >= 0.6 is 22.7 Å². The number of thiazole rings is 2. The monoisotopic (exact) mass is 754 g/mol. The van der Waals surface area contributed by atoms with Gasteiger partial charge in [0.2, 0.25) is 0 Å². The second-order valence-electron chi connectivity index (χ2n) is 13.9. The van der Waals surface area contributed by atoms with Crippen molar-refractivity contribution in [3.63, 3.8) is 0 Å². The third-order valence-electron chi connectivity index (χ3n) is 10.5. The zero-order chi connectivity index (χ0) is 37.4. The highest BCUT2D eigenvalue weighted by Gasteiger charge is 2.31. The van der Waals surface area contributed by atoms with Crippen LogP contribution in [0.4, 0.5) is 5.69 Å². The summed E-state index contributed by atoms with van der Waals surface area (Å²) in [6.07, 6.45) is 6.68. The van der Waals surface area contributed by atoms with Gasteiger partial charge in [-0.15, -0.1) is 22.7 Å². The third-order valence-corrected chi connectivity index (χ3v) is 12.7. The zero-order valence-corrected chi connectivity index (χ0v) is 31.6. The van der Waals surface area contributed by atoms with E-state index in [2.05, 4.69) is 15.3 Å². The molecule has 5 heterocycles. The Hall–Kier alpha value is -4.76. The summed E-state index contributed by atoms with van der Waals surface area (Å²) in [5.74, 6) is -2.21. The maximum absolute atomic E-state index is 13.9. The van der Waals surface area contributed by atoms with Gasteiger partial charge in [-0.3, -0.25) is 33.5 Å². The van der Waals surface area contributed by atoms with Crippen molar-refractivity contribution in [3.05, 3.63) is 85.4 Å². The van der Waals surface area contributed by atoms with Crippen LogP contribution in [0.25, 0.3) is 22.0 Å². The summed E-state index contributed by atoms with van der Waals surface area (Å²) in [5.41, 5.74) is 5.49. The van der Waals surface area contributed by atoms with Crippen LogP contribution < -0.4 is 5.32 Å². The van der Waals surface area contributed by atoms with Crippen molar-refractivity contribution < 1.29 is 29.4 Å². The topological polar surface area (TPSA) is 158 Å². The third kappa shape index (κ3) is 7.41. The fourth-order valence-electron chi connectivity index (χ4n) is 7.55. The molecule has 5 aromatic rings. The van der Waals surface area contributed by atoms with E-state index in [9.17, 15) is 29.4 Å². The van der Waals surface area contributed by atoms with Crippen LogP contribution in [0.2, 0.25) is 0 Å². The van der Waals surface area contributed by atoms with Crippen molar-refractivity contribution >= 4 is 63.0 Å². The van der Waals surface area contributed by atoms with Gasteiger partial charge in [-0.25, -0.2) is 9.97 Å². The molecule has 2 aliphatic rings. The highest BCUT2D eigenvalue weighted by atomic mass is 32.1. The van der Waals surface area contributed by atoms with Gasteiger partial charge in [0.25, 0.3) is 11.8 Å². The summed E-state index contributed by atoms with van der Waals surface area (Å²) in [5, 5.41) is 24.0. The lowest BCUT2D eigenvalue weighted by molar-refractivity contribution is -0.145. The number of hydrogen-bond acceptors (Lipinski definition) is 10. The predicted octanol–water partition coefficient (Wildman–Crippen LogP) is 6.97. The molecule has 2 fully saturated rings. The predicted molar refractivity (Wildman–Crippen MR) is 205 cm³/mol. The van der Waals surface area contributed by atoms with Crippen LogP contribution in [0.5, 0.6) is 0 Å². The van der Waals surface area contributed by atoms with Gasteiger partial charge in [0.15, 0.2) is 10.0 Å². The molecule has 7 rings (SSSR count). The average Bonchev–Trinajstić information content (AvgIpc) is 3.85. The van der Waals surface area contributed by atoms with Crippen LogP contribution in [-0.4, -0.2) is 83.5 Å². The number of rotatable bonds is 10. The molecular weight excluding hydrogens is 713 g/mol. The maximum atomic E-state index is 13.9. The first-order valence-electron chi connectivity index (χ1n) is 17.9. The Balaban J connectivity index is 1.10. The largest absolute Gasteiger partial charge is 0.480 e. The number of carboxylic acids is 2. The summed E-state index contributed by atoms with van der Waals surface area (Å²) < 4.78 is 1.60. The Morgan fingerprint density at radius 2 is 1.32 bits per heavy atom. The molecular formula is C39H42N6O6S2. The molecule has 53 heavy (non-hydrogen) atoms. The highest BCUT2D eigenvalue weighted by molar-refractivity contribution is 7.14. The van der Waals surface area contributed by atoms with Crippen LogP contribution in [0.3, 0.4) is 0 Å². The minimum absolute atomic E-state index is 0.250.